The third-order valence-electron chi connectivity index (χ3n) is 3.89. The van der Waals surface area contributed by atoms with Gasteiger partial charge in [0.15, 0.2) is 13.2 Å². The third-order valence-corrected chi connectivity index (χ3v) is 4.55. The van der Waals surface area contributed by atoms with Gasteiger partial charge in [-0.25, -0.2) is 14.4 Å². The molecule has 0 amide bonds. The number of esters is 2. The lowest BCUT2D eigenvalue weighted by Crippen LogP contribution is -2.27. The first-order valence-corrected chi connectivity index (χ1v) is 13.1. The maximum absolute atomic E-state index is 11.4. The minimum absolute atomic E-state index is 0.166. The summed E-state index contributed by atoms with van der Waals surface area (Å²) in [6.45, 7) is 10.3. The van der Waals surface area contributed by atoms with E-state index in [-0.39, 0.29) is 18.8 Å². The van der Waals surface area contributed by atoms with Crippen molar-refractivity contribution < 1.29 is 52.8 Å². The van der Waals surface area contributed by atoms with Crippen LogP contribution in [0.3, 0.4) is 0 Å². The Morgan fingerprint density at radius 3 is 1.14 bits per heavy atom. The van der Waals surface area contributed by atoms with Crippen molar-refractivity contribution in [3.05, 3.63) is 59.7 Å². The highest BCUT2D eigenvalue weighted by Gasteiger charge is 2.17. The second kappa shape index (κ2) is 18.0. The van der Waals surface area contributed by atoms with Crippen LogP contribution in [0.25, 0.3) is 0 Å². The van der Waals surface area contributed by atoms with Gasteiger partial charge in [0.1, 0.15) is 22.7 Å². The van der Waals surface area contributed by atoms with E-state index in [1.807, 2.05) is 0 Å². The van der Waals surface area contributed by atoms with Crippen LogP contribution >= 0.6 is 34.8 Å². The van der Waals surface area contributed by atoms with Gasteiger partial charge < -0.3 is 24.1 Å². The molecule has 0 heterocycles. The summed E-state index contributed by atoms with van der Waals surface area (Å²) in [7, 11) is 0. The Morgan fingerprint density at radius 2 is 0.905 bits per heavy atom. The van der Waals surface area contributed by atoms with Crippen LogP contribution in [-0.2, 0) is 28.7 Å². The third kappa shape index (κ3) is 19.4. The maximum Gasteiger partial charge on any atom is 0.344 e. The molecule has 1 N–H and O–H groups in total. The number of rotatable bonds is 9. The van der Waals surface area contributed by atoms with E-state index in [1.54, 1.807) is 53.7 Å². The standard InChI is InChI=1S/C13H15ClO4.C13H16O5.C2Cl2O2/c1-13(2,3)18-11(15)8-17-10-6-4-9(5-7-10)12(14)16;1-13(2,3)18-11(14)8-17-10-6-4-9(5-7-10)12(15)16;3-1(5)2(4)6/h4-7H,8H2,1-3H3;4-7H,8H2,1-3H3,(H,15,16);. The smallest absolute Gasteiger partial charge is 0.344 e. The molecule has 14 heteroatoms. The molecule has 0 bridgehead atoms. The molecule has 2 rings (SSSR count). The number of carboxylic acid groups (broad SMARTS) is 1. The summed E-state index contributed by atoms with van der Waals surface area (Å²) in [6.07, 6.45) is 0. The number of aromatic carboxylic acids is 1. The first kappa shape index (κ1) is 38.3. The average molecular weight is 650 g/mol. The minimum Gasteiger partial charge on any atom is -0.482 e. The molecule has 230 valence electrons. The number of hydrogen-bond donors (Lipinski definition) is 1. The van der Waals surface area contributed by atoms with Crippen molar-refractivity contribution in [1.29, 1.82) is 0 Å². The van der Waals surface area contributed by atoms with Gasteiger partial charge >= 0.3 is 28.4 Å². The molecule has 2 aromatic rings. The number of carbonyl (C=O) groups is 6. The van der Waals surface area contributed by atoms with Crippen LogP contribution in [0.1, 0.15) is 62.3 Å². The molecule has 0 spiro atoms. The molecular weight excluding hydrogens is 619 g/mol. The van der Waals surface area contributed by atoms with Gasteiger partial charge in [-0.2, -0.15) is 0 Å². The van der Waals surface area contributed by atoms with E-state index in [4.69, 9.17) is 35.7 Å². The Labute approximate surface area is 257 Å². The van der Waals surface area contributed by atoms with Crippen molar-refractivity contribution in [2.24, 2.45) is 0 Å². The van der Waals surface area contributed by atoms with Gasteiger partial charge in [0.25, 0.3) is 5.24 Å². The lowest BCUT2D eigenvalue weighted by Gasteiger charge is -2.19. The molecule has 0 unspecified atom stereocenters. The summed E-state index contributed by atoms with van der Waals surface area (Å²) in [5, 5.41) is 5.89. The van der Waals surface area contributed by atoms with Crippen LogP contribution < -0.4 is 9.47 Å². The van der Waals surface area contributed by atoms with Crippen LogP contribution in [0, 0.1) is 0 Å². The van der Waals surface area contributed by atoms with Gasteiger partial charge in [-0.3, -0.25) is 14.4 Å². The van der Waals surface area contributed by atoms with Crippen molar-refractivity contribution in [3.63, 3.8) is 0 Å². The van der Waals surface area contributed by atoms with E-state index in [0.29, 0.717) is 17.1 Å². The van der Waals surface area contributed by atoms with Crippen molar-refractivity contribution in [2.45, 2.75) is 52.7 Å². The molecular formula is C28H31Cl3O11. The van der Waals surface area contributed by atoms with E-state index in [0.717, 1.165) is 0 Å². The topological polar surface area (TPSA) is 160 Å². The van der Waals surface area contributed by atoms with Gasteiger partial charge in [0, 0.05) is 5.56 Å². The summed E-state index contributed by atoms with van der Waals surface area (Å²) in [5.74, 6) is -1.02. The Hall–Kier alpha value is -3.67. The molecule has 0 atom stereocenters. The normalized spacial score (nSPS) is 10.4. The molecule has 42 heavy (non-hydrogen) atoms. The second-order valence-electron chi connectivity index (χ2n) is 9.93. The lowest BCUT2D eigenvalue weighted by molar-refractivity contribution is -0.158. The quantitative estimate of drug-likeness (QED) is 0.210. The number of hydrogen-bond acceptors (Lipinski definition) is 10. The Morgan fingerprint density at radius 1 is 0.595 bits per heavy atom. The highest BCUT2D eigenvalue weighted by atomic mass is 35.5. The van der Waals surface area contributed by atoms with E-state index >= 15 is 0 Å². The van der Waals surface area contributed by atoms with Gasteiger partial charge in [-0.1, -0.05) is 0 Å². The van der Waals surface area contributed by atoms with Gasteiger partial charge in [-0.05, 0) is 125 Å². The highest BCUT2D eigenvalue weighted by Crippen LogP contribution is 2.15. The predicted molar refractivity (Wildman–Crippen MR) is 154 cm³/mol. The predicted octanol–water partition coefficient (Wildman–Crippen LogP) is 5.41. The summed E-state index contributed by atoms with van der Waals surface area (Å²) in [4.78, 5) is 63.1. The summed E-state index contributed by atoms with van der Waals surface area (Å²) in [6, 6.07) is 12.0. The first-order valence-electron chi connectivity index (χ1n) is 11.9. The van der Waals surface area contributed by atoms with Gasteiger partial charge in [0.05, 0.1) is 5.56 Å². The lowest BCUT2D eigenvalue weighted by atomic mass is 10.2. The monoisotopic (exact) mass is 648 g/mol. The van der Waals surface area contributed by atoms with E-state index in [2.05, 4.69) is 23.2 Å². The molecule has 0 radical (unpaired) electrons. The molecule has 0 aliphatic heterocycles. The minimum atomic E-state index is -1.14. The zero-order chi connectivity index (χ0) is 32.7. The zero-order valence-corrected chi connectivity index (χ0v) is 26.0. The number of carbonyl (C=O) groups excluding carboxylic acids is 5. The molecule has 2 aromatic carbocycles. The van der Waals surface area contributed by atoms with Crippen LogP contribution in [0.4, 0.5) is 0 Å². The van der Waals surface area contributed by atoms with E-state index in [9.17, 15) is 28.8 Å². The van der Waals surface area contributed by atoms with Crippen molar-refractivity contribution in [2.75, 3.05) is 13.2 Å². The van der Waals surface area contributed by atoms with Crippen molar-refractivity contribution in [3.8, 4) is 11.5 Å². The molecule has 11 nitrogen and oxygen atoms in total. The SMILES string of the molecule is CC(C)(C)OC(=O)COc1ccc(C(=O)Cl)cc1.CC(C)(C)OC(=O)COc1ccc(C(=O)O)cc1.O=C(Cl)C(=O)Cl. The average Bonchev–Trinajstić information content (AvgIpc) is 2.85. The zero-order valence-electron chi connectivity index (χ0n) is 23.7. The summed E-state index contributed by atoms with van der Waals surface area (Å²) < 4.78 is 20.5. The second-order valence-corrected chi connectivity index (χ2v) is 11.0. The Balaban J connectivity index is 0.000000672. The fourth-order valence-electron chi connectivity index (χ4n) is 2.40. The molecule has 0 aliphatic rings. The molecule has 0 aromatic heterocycles. The van der Waals surface area contributed by atoms with Crippen LogP contribution in [-0.4, -0.2) is 63.2 Å². The summed E-state index contributed by atoms with van der Waals surface area (Å²) in [5.41, 5.74) is -0.538. The molecule has 0 saturated heterocycles. The Kier molecular flexibility index (Phi) is 16.4. The van der Waals surface area contributed by atoms with Crippen molar-refractivity contribution >= 4 is 68.4 Å². The fourth-order valence-corrected chi connectivity index (χ4v) is 2.53. The molecule has 0 fully saturated rings. The molecule has 0 aliphatic carbocycles. The van der Waals surface area contributed by atoms with Crippen LogP contribution in [0.2, 0.25) is 0 Å². The van der Waals surface area contributed by atoms with Crippen molar-refractivity contribution in [1.82, 2.24) is 0 Å². The Bertz CT molecular complexity index is 1130. The maximum atomic E-state index is 11.4. The molecule has 0 saturated carbocycles. The van der Waals surface area contributed by atoms with E-state index < -0.39 is 44.8 Å². The number of ether oxygens (including phenoxy) is 4. The number of halogens is 3. The van der Waals surface area contributed by atoms with Crippen LogP contribution in [0.15, 0.2) is 48.5 Å². The highest BCUT2D eigenvalue weighted by molar-refractivity contribution is 6.97. The number of carboxylic acids is 1. The summed E-state index contributed by atoms with van der Waals surface area (Å²) >= 11 is 14.3. The largest absolute Gasteiger partial charge is 0.482 e. The first-order chi connectivity index (χ1) is 19.2. The van der Waals surface area contributed by atoms with Gasteiger partial charge in [-0.15, -0.1) is 0 Å². The number of benzene rings is 2. The van der Waals surface area contributed by atoms with Crippen LogP contribution in [0.5, 0.6) is 11.5 Å². The van der Waals surface area contributed by atoms with E-state index in [1.165, 1.54) is 36.4 Å². The fraction of sp³-hybridized carbons (Fsp3) is 0.357. The van der Waals surface area contributed by atoms with Gasteiger partial charge in [0.2, 0.25) is 0 Å².